The molecule has 2 heterocycles. The number of benzene rings is 2. The van der Waals surface area contributed by atoms with Crippen LogP contribution in [0, 0.1) is 5.82 Å². The molecule has 2 aliphatic rings. The van der Waals surface area contributed by atoms with Crippen LogP contribution in [0.5, 0.6) is 5.75 Å². The normalized spacial score (nSPS) is 17.0. The molecule has 0 saturated heterocycles. The molecule has 1 saturated carbocycles. The minimum Gasteiger partial charge on any atom is -0.482 e. The summed E-state index contributed by atoms with van der Waals surface area (Å²) in [6.45, 7) is 0.0353. The van der Waals surface area contributed by atoms with Crippen molar-refractivity contribution < 1.29 is 13.9 Å². The number of fused-ring (bicyclic) bond motifs is 1. The van der Waals surface area contributed by atoms with Crippen LogP contribution in [0.2, 0.25) is 5.02 Å². The molecular weight excluding hydrogens is 425 g/mol. The zero-order valence-corrected chi connectivity index (χ0v) is 17.6. The Morgan fingerprint density at radius 3 is 2.83 bits per heavy atom. The van der Waals surface area contributed by atoms with Gasteiger partial charge in [0.15, 0.2) is 11.4 Å². The van der Waals surface area contributed by atoms with Gasteiger partial charge in [0.05, 0.1) is 22.1 Å². The first-order valence-electron chi connectivity index (χ1n) is 9.85. The van der Waals surface area contributed by atoms with Crippen LogP contribution in [0.1, 0.15) is 31.7 Å². The molecule has 5 rings (SSSR count). The van der Waals surface area contributed by atoms with E-state index < -0.39 is 5.82 Å². The number of carbonyl (C=O) groups is 1. The minimum absolute atomic E-state index is 0.0353. The molecule has 154 valence electrons. The maximum absolute atomic E-state index is 13.9. The molecule has 1 fully saturated rings. The van der Waals surface area contributed by atoms with E-state index in [-0.39, 0.29) is 17.5 Å². The van der Waals surface area contributed by atoms with Gasteiger partial charge in [-0.1, -0.05) is 24.4 Å². The van der Waals surface area contributed by atoms with Gasteiger partial charge in [-0.15, -0.1) is 11.3 Å². The first kappa shape index (κ1) is 19.3. The average molecular weight is 444 g/mol. The van der Waals surface area contributed by atoms with E-state index in [4.69, 9.17) is 21.3 Å². The molecule has 0 spiro atoms. The minimum atomic E-state index is -0.479. The van der Waals surface area contributed by atoms with Crippen LogP contribution >= 0.6 is 22.9 Å². The predicted molar refractivity (Wildman–Crippen MR) is 116 cm³/mol. The number of hydrogen-bond acceptors (Lipinski definition) is 4. The van der Waals surface area contributed by atoms with Crippen LogP contribution in [0.25, 0.3) is 11.3 Å². The summed E-state index contributed by atoms with van der Waals surface area (Å²) in [7, 11) is 0. The van der Waals surface area contributed by atoms with Gasteiger partial charge in [-0.2, -0.15) is 0 Å². The zero-order valence-electron chi connectivity index (χ0n) is 16.0. The highest BCUT2D eigenvalue weighted by Crippen LogP contribution is 2.37. The average Bonchev–Trinajstić information content (AvgIpc) is 3.40. The zero-order chi connectivity index (χ0) is 20.7. The highest BCUT2D eigenvalue weighted by molar-refractivity contribution is 7.07. The van der Waals surface area contributed by atoms with Crippen molar-refractivity contribution in [3.8, 4) is 17.0 Å². The number of ether oxygens (including phenoxy) is 1. The summed E-state index contributed by atoms with van der Waals surface area (Å²) in [5, 5.41) is 5.02. The number of thiazole rings is 1. The number of halogens is 2. The van der Waals surface area contributed by atoms with Crippen LogP contribution < -0.4 is 14.9 Å². The number of hydrogen-bond donors (Lipinski definition) is 1. The van der Waals surface area contributed by atoms with E-state index in [2.05, 4.69) is 15.3 Å². The van der Waals surface area contributed by atoms with Gasteiger partial charge in [0.2, 0.25) is 0 Å². The van der Waals surface area contributed by atoms with Crippen molar-refractivity contribution in [1.82, 2.24) is 4.57 Å². The smallest absolute Gasteiger partial charge is 0.262 e. The highest BCUT2D eigenvalue weighted by Gasteiger charge is 2.23. The Bertz CT molecular complexity index is 1200. The molecule has 3 aromatic rings. The van der Waals surface area contributed by atoms with Crippen molar-refractivity contribution in [3.63, 3.8) is 0 Å². The fourth-order valence-electron chi connectivity index (χ4n) is 4.04. The molecule has 0 bridgehead atoms. The molecule has 1 N–H and O–H groups in total. The van der Waals surface area contributed by atoms with Gasteiger partial charge < -0.3 is 14.6 Å². The first-order chi connectivity index (χ1) is 14.6. The SMILES string of the molecule is O=C1COc2ccc(-c3csc(=Nc4ccc(Cl)c(F)c4)n3C3CCCC3)cc2N1. The Hall–Kier alpha value is -2.64. The van der Waals surface area contributed by atoms with E-state index in [1.54, 1.807) is 6.07 Å². The molecule has 1 aliphatic carbocycles. The number of nitrogens with zero attached hydrogens (tertiary/aromatic N) is 2. The van der Waals surface area contributed by atoms with Crippen molar-refractivity contribution >= 4 is 40.2 Å². The maximum atomic E-state index is 13.9. The lowest BCUT2D eigenvalue weighted by atomic mass is 10.1. The summed E-state index contributed by atoms with van der Waals surface area (Å²) < 4.78 is 21.6. The molecule has 2 aromatic carbocycles. The standard InChI is InChI=1S/C22H19ClFN3O2S/c23-16-7-6-14(10-17(16)24)25-22-27(15-3-1-2-4-15)19(12-30-22)13-5-8-20-18(9-13)26-21(28)11-29-20/h5-10,12,15H,1-4,11H2,(H,26,28). The molecular formula is C22H19ClFN3O2S. The van der Waals surface area contributed by atoms with Crippen LogP contribution in [-0.2, 0) is 4.79 Å². The lowest BCUT2D eigenvalue weighted by Gasteiger charge is -2.20. The summed E-state index contributed by atoms with van der Waals surface area (Å²) >= 11 is 7.33. The fraction of sp³-hybridized carbons (Fsp3) is 0.273. The summed E-state index contributed by atoms with van der Waals surface area (Å²) in [5.41, 5.74) is 3.21. The van der Waals surface area contributed by atoms with Gasteiger partial charge in [-0.25, -0.2) is 9.38 Å². The number of aromatic nitrogens is 1. The number of nitrogens with one attached hydrogen (secondary N) is 1. The lowest BCUT2D eigenvalue weighted by molar-refractivity contribution is -0.118. The quantitative estimate of drug-likeness (QED) is 0.565. The number of rotatable bonds is 3. The van der Waals surface area contributed by atoms with Crippen LogP contribution in [0.4, 0.5) is 15.8 Å². The second kappa shape index (κ2) is 7.89. The van der Waals surface area contributed by atoms with E-state index in [0.29, 0.717) is 23.2 Å². The van der Waals surface area contributed by atoms with Crippen LogP contribution in [0.15, 0.2) is 46.8 Å². The molecule has 1 amide bonds. The monoisotopic (exact) mass is 443 g/mol. The van der Waals surface area contributed by atoms with Crippen molar-refractivity contribution in [2.45, 2.75) is 31.7 Å². The summed E-state index contributed by atoms with van der Waals surface area (Å²) in [4.78, 5) is 17.3. The summed E-state index contributed by atoms with van der Waals surface area (Å²) in [5.74, 6) is 0.0316. The number of amides is 1. The van der Waals surface area contributed by atoms with Gasteiger partial charge >= 0.3 is 0 Å². The molecule has 0 atom stereocenters. The van der Waals surface area contributed by atoms with Gasteiger partial charge in [-0.05, 0) is 43.2 Å². The Balaban J connectivity index is 1.63. The van der Waals surface area contributed by atoms with Crippen molar-refractivity contribution in [2.24, 2.45) is 4.99 Å². The van der Waals surface area contributed by atoms with Crippen LogP contribution in [0.3, 0.4) is 0 Å². The van der Waals surface area contributed by atoms with E-state index in [1.165, 1.54) is 36.3 Å². The second-order valence-corrected chi connectivity index (χ2v) is 8.71. The fourth-order valence-corrected chi connectivity index (χ4v) is 5.14. The number of anilines is 1. The summed E-state index contributed by atoms with van der Waals surface area (Å²) in [6, 6.07) is 10.7. The second-order valence-electron chi connectivity index (χ2n) is 7.47. The predicted octanol–water partition coefficient (Wildman–Crippen LogP) is 5.69. The van der Waals surface area contributed by atoms with Crippen molar-refractivity contribution in [2.75, 3.05) is 11.9 Å². The van der Waals surface area contributed by atoms with Gasteiger partial charge in [-0.3, -0.25) is 4.79 Å². The van der Waals surface area contributed by atoms with Gasteiger partial charge in [0.1, 0.15) is 11.6 Å². The van der Waals surface area contributed by atoms with E-state index in [1.807, 2.05) is 18.2 Å². The molecule has 0 radical (unpaired) electrons. The molecule has 8 heteroatoms. The van der Waals surface area contributed by atoms with Gasteiger partial charge in [0, 0.05) is 23.1 Å². The number of carbonyl (C=O) groups excluding carboxylic acids is 1. The lowest BCUT2D eigenvalue weighted by Crippen LogP contribution is -2.25. The Morgan fingerprint density at radius 1 is 1.20 bits per heavy atom. The van der Waals surface area contributed by atoms with Crippen molar-refractivity contribution in [3.05, 3.63) is 57.4 Å². The molecule has 1 aromatic heterocycles. The van der Waals surface area contributed by atoms with E-state index in [0.717, 1.165) is 28.9 Å². The van der Waals surface area contributed by atoms with Gasteiger partial charge in [0.25, 0.3) is 5.91 Å². The third-order valence-corrected chi connectivity index (χ3v) is 6.61. The third-order valence-electron chi connectivity index (χ3n) is 5.47. The van der Waals surface area contributed by atoms with Crippen LogP contribution in [-0.4, -0.2) is 17.1 Å². The molecule has 30 heavy (non-hydrogen) atoms. The maximum Gasteiger partial charge on any atom is 0.262 e. The van der Waals surface area contributed by atoms with E-state index >= 15 is 0 Å². The first-order valence-corrected chi connectivity index (χ1v) is 11.1. The Labute approximate surface area is 181 Å². The molecule has 1 aliphatic heterocycles. The summed E-state index contributed by atoms with van der Waals surface area (Å²) in [6.07, 6.45) is 4.51. The third kappa shape index (κ3) is 3.63. The largest absolute Gasteiger partial charge is 0.482 e. The Morgan fingerprint density at radius 2 is 2.03 bits per heavy atom. The van der Waals surface area contributed by atoms with E-state index in [9.17, 15) is 9.18 Å². The van der Waals surface area contributed by atoms with Crippen molar-refractivity contribution in [1.29, 1.82) is 0 Å². The highest BCUT2D eigenvalue weighted by atomic mass is 35.5. The Kier molecular flexibility index (Phi) is 5.08. The molecule has 5 nitrogen and oxygen atoms in total. The topological polar surface area (TPSA) is 55.6 Å². The molecule has 0 unspecified atom stereocenters.